The fourth-order valence-electron chi connectivity index (χ4n) is 1.12. The second-order valence-electron chi connectivity index (χ2n) is 2.38. The van der Waals surface area contributed by atoms with Crippen LogP contribution in [-0.4, -0.2) is 12.1 Å². The van der Waals surface area contributed by atoms with E-state index in [0.29, 0.717) is 5.84 Å². The minimum Gasteiger partial charge on any atom is -0.270 e. The van der Waals surface area contributed by atoms with Gasteiger partial charge in [0, 0.05) is 12.1 Å². The largest absolute Gasteiger partial charge is 0.270 e. The Morgan fingerprint density at radius 1 is 1.27 bits per heavy atom. The van der Waals surface area contributed by atoms with Gasteiger partial charge in [-0.1, -0.05) is 0 Å². The van der Waals surface area contributed by atoms with Crippen molar-refractivity contribution in [3.8, 4) is 0 Å². The van der Waals surface area contributed by atoms with E-state index in [1.165, 1.54) is 0 Å². The Morgan fingerprint density at radius 3 is 2.91 bits per heavy atom. The number of hydrogen-bond acceptors (Lipinski definition) is 1. The van der Waals surface area contributed by atoms with Crippen molar-refractivity contribution in [3.63, 3.8) is 0 Å². The number of nitrogens with one attached hydrogen (secondary N) is 1. The van der Waals surface area contributed by atoms with Gasteiger partial charge in [0.05, 0.1) is 12.6 Å². The van der Waals surface area contributed by atoms with E-state index >= 15 is 0 Å². The van der Waals surface area contributed by atoms with E-state index < -0.39 is 0 Å². The third-order valence-corrected chi connectivity index (χ3v) is 1.67. The molecule has 0 unspecified atom stereocenters. The SMILES string of the molecule is N=C1N=C[CH+]c2ccccc21. The molecule has 11 heavy (non-hydrogen) atoms. The van der Waals surface area contributed by atoms with Gasteiger partial charge < -0.3 is 0 Å². The zero-order chi connectivity index (χ0) is 7.68. The number of amidine groups is 1. The van der Waals surface area contributed by atoms with Gasteiger partial charge >= 0.3 is 0 Å². The van der Waals surface area contributed by atoms with Crippen molar-refractivity contribution in [2.45, 2.75) is 0 Å². The van der Waals surface area contributed by atoms with Gasteiger partial charge in [0.1, 0.15) is 11.1 Å². The maximum atomic E-state index is 7.45. The van der Waals surface area contributed by atoms with Gasteiger partial charge in [0.15, 0.2) is 0 Å². The summed E-state index contributed by atoms with van der Waals surface area (Å²) in [5, 5.41) is 7.45. The van der Waals surface area contributed by atoms with Gasteiger partial charge in [-0.05, 0) is 12.1 Å². The minimum atomic E-state index is 0.350. The molecule has 0 atom stereocenters. The summed E-state index contributed by atoms with van der Waals surface area (Å²) in [5.74, 6) is 0.350. The van der Waals surface area contributed by atoms with Gasteiger partial charge in [0.2, 0.25) is 5.84 Å². The van der Waals surface area contributed by atoms with Crippen LogP contribution >= 0.6 is 0 Å². The van der Waals surface area contributed by atoms with Crippen molar-refractivity contribution in [1.82, 2.24) is 0 Å². The minimum absolute atomic E-state index is 0.350. The lowest BCUT2D eigenvalue weighted by molar-refractivity contribution is 1.37. The topological polar surface area (TPSA) is 36.2 Å². The summed E-state index contributed by atoms with van der Waals surface area (Å²) in [5.41, 5.74) is 1.99. The molecule has 0 spiro atoms. The first kappa shape index (κ1) is 6.16. The second-order valence-corrected chi connectivity index (χ2v) is 2.38. The van der Waals surface area contributed by atoms with Crippen LogP contribution in [0.5, 0.6) is 0 Å². The van der Waals surface area contributed by atoms with E-state index in [4.69, 9.17) is 5.41 Å². The lowest BCUT2D eigenvalue weighted by Gasteiger charge is -2.00. The number of fused-ring (bicyclic) bond motifs is 1. The molecule has 0 aromatic heterocycles. The molecule has 1 aliphatic rings. The Labute approximate surface area is 65.1 Å². The van der Waals surface area contributed by atoms with Crippen molar-refractivity contribution in [3.05, 3.63) is 41.8 Å². The highest BCUT2D eigenvalue weighted by molar-refractivity contribution is 6.07. The molecule has 0 fully saturated rings. The van der Waals surface area contributed by atoms with Crippen molar-refractivity contribution in [2.24, 2.45) is 4.99 Å². The van der Waals surface area contributed by atoms with Gasteiger partial charge in [-0.25, -0.2) is 4.99 Å². The highest BCUT2D eigenvalue weighted by Gasteiger charge is 2.17. The molecule has 1 aliphatic heterocycles. The number of rotatable bonds is 0. The van der Waals surface area contributed by atoms with E-state index in [0.717, 1.165) is 11.1 Å². The third-order valence-electron chi connectivity index (χ3n) is 1.67. The first-order chi connectivity index (χ1) is 5.38. The Morgan fingerprint density at radius 2 is 2.09 bits per heavy atom. The molecule has 1 aromatic rings. The van der Waals surface area contributed by atoms with Crippen LogP contribution in [0.3, 0.4) is 0 Å². The smallest absolute Gasteiger partial charge is 0.213 e. The van der Waals surface area contributed by atoms with Crippen LogP contribution in [0.15, 0.2) is 29.3 Å². The summed E-state index contributed by atoms with van der Waals surface area (Å²) < 4.78 is 0. The molecule has 52 valence electrons. The van der Waals surface area contributed by atoms with Gasteiger partial charge in [0.25, 0.3) is 0 Å². The van der Waals surface area contributed by atoms with Crippen LogP contribution in [0, 0.1) is 11.8 Å². The van der Waals surface area contributed by atoms with E-state index in [-0.39, 0.29) is 0 Å². The number of aliphatic imine (C=N–C) groups is 1. The number of nitrogens with zero attached hydrogens (tertiary/aromatic N) is 1. The van der Waals surface area contributed by atoms with Crippen molar-refractivity contribution in [1.29, 1.82) is 5.41 Å². The molecule has 1 heterocycles. The first-order valence-electron chi connectivity index (χ1n) is 3.43. The monoisotopic (exact) mass is 143 g/mol. The van der Waals surface area contributed by atoms with E-state index in [2.05, 4.69) is 4.99 Å². The Bertz CT molecular complexity index is 326. The molecular formula is C9H7N2+. The van der Waals surface area contributed by atoms with E-state index in [1.807, 2.05) is 30.7 Å². The lowest BCUT2D eigenvalue weighted by Crippen LogP contribution is -2.05. The molecule has 0 amide bonds. The summed E-state index contributed by atoms with van der Waals surface area (Å²) in [7, 11) is 0. The van der Waals surface area contributed by atoms with Crippen LogP contribution in [0.25, 0.3) is 0 Å². The molecule has 0 saturated carbocycles. The molecule has 0 saturated heterocycles. The van der Waals surface area contributed by atoms with Crippen LogP contribution in [-0.2, 0) is 0 Å². The number of benzene rings is 1. The highest BCUT2D eigenvalue weighted by Crippen LogP contribution is 2.14. The second kappa shape index (κ2) is 2.23. The Hall–Kier alpha value is -1.57. The molecule has 2 rings (SSSR count). The molecule has 1 aromatic carbocycles. The van der Waals surface area contributed by atoms with Crippen molar-refractivity contribution < 1.29 is 0 Å². The maximum absolute atomic E-state index is 7.45. The molecular weight excluding hydrogens is 136 g/mol. The van der Waals surface area contributed by atoms with Crippen LogP contribution in [0.4, 0.5) is 0 Å². The normalized spacial score (nSPS) is 14.0. The molecule has 0 radical (unpaired) electrons. The Balaban J connectivity index is 2.59. The average Bonchev–Trinajstić information content (AvgIpc) is 2.06. The summed E-state index contributed by atoms with van der Waals surface area (Å²) in [6, 6.07) is 7.77. The van der Waals surface area contributed by atoms with Crippen molar-refractivity contribution >= 4 is 12.1 Å². The van der Waals surface area contributed by atoms with Crippen molar-refractivity contribution in [2.75, 3.05) is 0 Å². The standard InChI is InChI=1S/C9H7N2/c10-9-8-4-2-1-3-7(8)5-6-11-9/h1-6,10H/q+1. The van der Waals surface area contributed by atoms with Gasteiger partial charge in [-0.3, -0.25) is 5.41 Å². The fourth-order valence-corrected chi connectivity index (χ4v) is 1.12. The van der Waals surface area contributed by atoms with Crippen LogP contribution < -0.4 is 0 Å². The van der Waals surface area contributed by atoms with Crippen LogP contribution in [0.2, 0.25) is 0 Å². The van der Waals surface area contributed by atoms with Gasteiger partial charge in [-0.2, -0.15) is 0 Å². The highest BCUT2D eigenvalue weighted by atomic mass is 14.8. The average molecular weight is 143 g/mol. The fraction of sp³-hybridized carbons (Fsp3) is 0. The Kier molecular flexibility index (Phi) is 1.25. The lowest BCUT2D eigenvalue weighted by atomic mass is 10.0. The van der Waals surface area contributed by atoms with E-state index in [1.54, 1.807) is 6.21 Å². The van der Waals surface area contributed by atoms with Crippen LogP contribution in [0.1, 0.15) is 11.1 Å². The molecule has 0 aliphatic carbocycles. The summed E-state index contributed by atoms with van der Waals surface area (Å²) in [6.07, 6.45) is 3.57. The summed E-state index contributed by atoms with van der Waals surface area (Å²) in [6.45, 7) is 0. The zero-order valence-electron chi connectivity index (χ0n) is 5.91. The molecule has 2 heteroatoms. The van der Waals surface area contributed by atoms with Gasteiger partial charge in [-0.15, -0.1) is 0 Å². The third kappa shape index (κ3) is 0.923. The quantitative estimate of drug-likeness (QED) is 0.536. The molecule has 1 N–H and O–H groups in total. The molecule has 0 bridgehead atoms. The van der Waals surface area contributed by atoms with E-state index in [9.17, 15) is 0 Å². The molecule has 2 nitrogen and oxygen atoms in total. The maximum Gasteiger partial charge on any atom is 0.213 e. The first-order valence-corrected chi connectivity index (χ1v) is 3.43. The predicted octanol–water partition coefficient (Wildman–Crippen LogP) is 1.65. The number of hydrogen-bond donors (Lipinski definition) is 1. The summed E-state index contributed by atoms with van der Waals surface area (Å²) >= 11 is 0. The predicted molar refractivity (Wildman–Crippen MR) is 45.2 cm³/mol. The zero-order valence-corrected chi connectivity index (χ0v) is 5.91. The summed E-state index contributed by atoms with van der Waals surface area (Å²) in [4.78, 5) is 3.87.